The van der Waals surface area contributed by atoms with Crippen LogP contribution in [0.3, 0.4) is 0 Å². The van der Waals surface area contributed by atoms with Crippen LogP contribution in [0.5, 0.6) is 0 Å². The van der Waals surface area contributed by atoms with Gasteiger partial charge in [-0.25, -0.2) is 0 Å². The van der Waals surface area contributed by atoms with Crippen LogP contribution in [0.4, 0.5) is 5.69 Å². The van der Waals surface area contributed by atoms with Crippen molar-refractivity contribution in [2.75, 3.05) is 11.9 Å². The summed E-state index contributed by atoms with van der Waals surface area (Å²) in [6.07, 6.45) is 0. The molecule has 0 aliphatic carbocycles. The molecule has 2 rings (SSSR count). The number of benzene rings is 2. The van der Waals surface area contributed by atoms with Crippen LogP contribution in [0.25, 0.3) is 0 Å². The van der Waals surface area contributed by atoms with E-state index >= 15 is 0 Å². The molecule has 0 bridgehead atoms. The van der Waals surface area contributed by atoms with Gasteiger partial charge in [-0.05, 0) is 0 Å². The molecule has 1 nitrogen and oxygen atoms in total. The normalized spacial score (nSPS) is 10.1. The summed E-state index contributed by atoms with van der Waals surface area (Å²) in [5.74, 6) is 0. The fourth-order valence-electron chi connectivity index (χ4n) is 1.47. The average Bonchev–Trinajstić information content (AvgIpc) is 2.33. The minimum atomic E-state index is 0.423. The number of rotatable bonds is 4. The van der Waals surface area contributed by atoms with Crippen molar-refractivity contribution in [1.29, 1.82) is 0 Å². The molecule has 2 aromatic rings. The molecule has 0 unspecified atom stereocenters. The second kappa shape index (κ2) is 5.74. The molecule has 0 atom stereocenters. The molecule has 2 aromatic carbocycles. The maximum absolute atomic E-state index is 3.31. The van der Waals surface area contributed by atoms with Crippen LogP contribution >= 0.6 is 0 Å². The Hall–Kier alpha value is -1.24. The quantitative estimate of drug-likeness (QED) is 0.839. The topological polar surface area (TPSA) is 12.0 Å². The zero-order valence-corrected chi connectivity index (χ0v) is 11.0. The molecular weight excluding hydrogens is 261 g/mol. The predicted molar refractivity (Wildman–Crippen MR) is 72.1 cm³/mol. The molecule has 2 heteroatoms. The van der Waals surface area contributed by atoms with E-state index in [-0.39, 0.29) is 0 Å². The predicted octanol–water partition coefficient (Wildman–Crippen LogP) is 1.77. The van der Waals surface area contributed by atoms with E-state index < -0.39 is 0 Å². The third-order valence-electron chi connectivity index (χ3n) is 2.21. The molecule has 0 amide bonds. The molecular formula is C14H15NSe. The van der Waals surface area contributed by atoms with Gasteiger partial charge in [0.25, 0.3) is 0 Å². The first-order valence-electron chi connectivity index (χ1n) is 5.45. The first-order chi connectivity index (χ1) is 7.88. The Morgan fingerprint density at radius 2 is 1.50 bits per heavy atom. The van der Waals surface area contributed by atoms with Gasteiger partial charge in [0.15, 0.2) is 0 Å². The summed E-state index contributed by atoms with van der Waals surface area (Å²) in [5, 5.41) is 3.31. The minimum absolute atomic E-state index is 0.423. The monoisotopic (exact) mass is 277 g/mol. The molecule has 0 radical (unpaired) electrons. The summed E-state index contributed by atoms with van der Waals surface area (Å²) in [7, 11) is 0. The van der Waals surface area contributed by atoms with E-state index in [0.29, 0.717) is 15.0 Å². The number of anilines is 1. The molecule has 82 valence electrons. The van der Waals surface area contributed by atoms with Crippen molar-refractivity contribution in [2.45, 2.75) is 6.92 Å². The van der Waals surface area contributed by atoms with Gasteiger partial charge in [0.2, 0.25) is 0 Å². The second-order valence-electron chi connectivity index (χ2n) is 3.47. The van der Waals surface area contributed by atoms with Gasteiger partial charge >= 0.3 is 103 Å². The summed E-state index contributed by atoms with van der Waals surface area (Å²) in [4.78, 5) is 0. The van der Waals surface area contributed by atoms with Crippen LogP contribution in [0.1, 0.15) is 6.92 Å². The van der Waals surface area contributed by atoms with Gasteiger partial charge < -0.3 is 0 Å². The number of hydrogen-bond donors (Lipinski definition) is 1. The molecule has 16 heavy (non-hydrogen) atoms. The van der Waals surface area contributed by atoms with Crippen LogP contribution < -0.4 is 14.2 Å². The van der Waals surface area contributed by atoms with E-state index in [1.54, 1.807) is 0 Å². The van der Waals surface area contributed by atoms with E-state index in [1.807, 2.05) is 0 Å². The SMILES string of the molecule is CCNc1ccc([Se]c2ccccc2)cc1. The van der Waals surface area contributed by atoms with E-state index in [9.17, 15) is 0 Å². The zero-order valence-electron chi connectivity index (χ0n) is 9.31. The fourth-order valence-corrected chi connectivity index (χ4v) is 3.23. The molecule has 1 N–H and O–H groups in total. The third-order valence-corrected chi connectivity index (χ3v) is 4.35. The van der Waals surface area contributed by atoms with Gasteiger partial charge in [0, 0.05) is 0 Å². The Morgan fingerprint density at radius 3 is 2.12 bits per heavy atom. The summed E-state index contributed by atoms with van der Waals surface area (Å²) in [5.41, 5.74) is 1.20. The van der Waals surface area contributed by atoms with Crippen LogP contribution in [0.15, 0.2) is 54.6 Å². The Morgan fingerprint density at radius 1 is 0.875 bits per heavy atom. The van der Waals surface area contributed by atoms with Gasteiger partial charge in [0.05, 0.1) is 0 Å². The summed E-state index contributed by atoms with van der Waals surface area (Å²) >= 11 is 0.423. The maximum atomic E-state index is 3.31. The molecule has 0 aromatic heterocycles. The zero-order chi connectivity index (χ0) is 11.2. The Bertz CT molecular complexity index is 422. The molecule has 0 fully saturated rings. The van der Waals surface area contributed by atoms with Gasteiger partial charge in [0.1, 0.15) is 0 Å². The molecule has 0 aliphatic heterocycles. The summed E-state index contributed by atoms with van der Waals surface area (Å²) < 4.78 is 2.84. The molecule has 0 aliphatic rings. The molecule has 0 saturated carbocycles. The Kier molecular flexibility index (Phi) is 4.03. The summed E-state index contributed by atoms with van der Waals surface area (Å²) in [6.45, 7) is 3.09. The van der Waals surface area contributed by atoms with E-state index in [1.165, 1.54) is 14.6 Å². The van der Waals surface area contributed by atoms with Crippen molar-refractivity contribution in [1.82, 2.24) is 0 Å². The average molecular weight is 276 g/mol. The standard InChI is InChI=1S/C14H15NSe/c1-2-15-12-8-10-14(11-9-12)16-13-6-4-3-5-7-13/h3-11,15H,2H2,1H3. The molecule has 0 heterocycles. The van der Waals surface area contributed by atoms with E-state index in [0.717, 1.165) is 6.54 Å². The van der Waals surface area contributed by atoms with Gasteiger partial charge in [-0.15, -0.1) is 0 Å². The van der Waals surface area contributed by atoms with Crippen LogP contribution in [0, 0.1) is 0 Å². The second-order valence-corrected chi connectivity index (χ2v) is 5.88. The third kappa shape index (κ3) is 3.13. The first-order valence-corrected chi connectivity index (χ1v) is 7.16. The Balaban J connectivity index is 2.05. The van der Waals surface area contributed by atoms with Crippen molar-refractivity contribution in [3.8, 4) is 0 Å². The Labute approximate surface area is 103 Å². The van der Waals surface area contributed by atoms with Gasteiger partial charge in [-0.3, -0.25) is 0 Å². The van der Waals surface area contributed by atoms with E-state index in [4.69, 9.17) is 0 Å². The van der Waals surface area contributed by atoms with Crippen LogP contribution in [-0.2, 0) is 0 Å². The number of hydrogen-bond acceptors (Lipinski definition) is 1. The molecule has 0 spiro atoms. The first kappa shape index (κ1) is 11.3. The van der Waals surface area contributed by atoms with Gasteiger partial charge in [-0.2, -0.15) is 0 Å². The summed E-state index contributed by atoms with van der Waals surface area (Å²) in [6, 6.07) is 19.4. The van der Waals surface area contributed by atoms with Crippen molar-refractivity contribution < 1.29 is 0 Å². The van der Waals surface area contributed by atoms with Gasteiger partial charge in [-0.1, -0.05) is 0 Å². The van der Waals surface area contributed by atoms with Crippen LogP contribution in [-0.4, -0.2) is 21.5 Å². The van der Waals surface area contributed by atoms with Crippen molar-refractivity contribution in [3.63, 3.8) is 0 Å². The van der Waals surface area contributed by atoms with Crippen molar-refractivity contribution >= 4 is 29.6 Å². The van der Waals surface area contributed by atoms with E-state index in [2.05, 4.69) is 66.8 Å². The number of nitrogens with one attached hydrogen (secondary N) is 1. The van der Waals surface area contributed by atoms with Crippen molar-refractivity contribution in [2.24, 2.45) is 0 Å². The van der Waals surface area contributed by atoms with Crippen molar-refractivity contribution in [3.05, 3.63) is 54.6 Å². The van der Waals surface area contributed by atoms with Crippen LogP contribution in [0.2, 0.25) is 0 Å². The fraction of sp³-hybridized carbons (Fsp3) is 0.143. The molecule has 0 saturated heterocycles.